The third kappa shape index (κ3) is 7.64. The van der Waals surface area contributed by atoms with E-state index in [9.17, 15) is 13.6 Å². The lowest BCUT2D eigenvalue weighted by atomic mass is 10.2. The first-order valence-corrected chi connectivity index (χ1v) is 8.95. The highest BCUT2D eigenvalue weighted by molar-refractivity contribution is 14.0. The summed E-state index contributed by atoms with van der Waals surface area (Å²) in [5, 5.41) is 6.02. The van der Waals surface area contributed by atoms with Crippen LogP contribution in [0, 0.1) is 0 Å². The summed E-state index contributed by atoms with van der Waals surface area (Å²) < 4.78 is 34.9. The van der Waals surface area contributed by atoms with Gasteiger partial charge in [-0.25, -0.2) is 4.99 Å². The first kappa shape index (κ1) is 24.2. The van der Waals surface area contributed by atoms with Gasteiger partial charge in [-0.05, 0) is 38.0 Å². The molecule has 2 rings (SSSR count). The molecule has 1 aromatic carbocycles. The van der Waals surface area contributed by atoms with Gasteiger partial charge in [0, 0.05) is 25.2 Å². The normalized spacial score (nSPS) is 13.9. The molecule has 1 amide bonds. The van der Waals surface area contributed by atoms with Gasteiger partial charge in [0.15, 0.2) is 5.96 Å². The Balaban J connectivity index is 0.00000392. The molecule has 0 spiro atoms. The van der Waals surface area contributed by atoms with Crippen LogP contribution in [0.3, 0.4) is 0 Å². The van der Waals surface area contributed by atoms with Gasteiger partial charge in [-0.2, -0.15) is 8.78 Å². The van der Waals surface area contributed by atoms with Crippen LogP contribution in [0.2, 0.25) is 0 Å². The molecule has 1 aliphatic rings. The number of hydrogen-bond donors (Lipinski definition) is 2. The summed E-state index contributed by atoms with van der Waals surface area (Å²) in [6.45, 7) is 1.36. The highest BCUT2D eigenvalue weighted by Crippen LogP contribution is 2.26. The van der Waals surface area contributed by atoms with Crippen molar-refractivity contribution in [2.75, 3.05) is 33.3 Å². The van der Waals surface area contributed by atoms with E-state index in [4.69, 9.17) is 4.74 Å². The average molecular weight is 512 g/mol. The van der Waals surface area contributed by atoms with Gasteiger partial charge in [0.1, 0.15) is 11.5 Å². The van der Waals surface area contributed by atoms with E-state index in [0.29, 0.717) is 23.8 Å². The van der Waals surface area contributed by atoms with Crippen molar-refractivity contribution in [3.05, 3.63) is 23.8 Å². The summed E-state index contributed by atoms with van der Waals surface area (Å²) in [5.74, 6) is 1.000. The van der Waals surface area contributed by atoms with Crippen LogP contribution in [0.1, 0.15) is 25.3 Å². The van der Waals surface area contributed by atoms with Gasteiger partial charge in [-0.1, -0.05) is 0 Å². The standard InChI is InChI=1S/C18H26F2N4O3.HI/c1-3-21-18(23-12-16(25)24-8-4-5-9-24)22-11-13-10-14(26-2)6-7-15(13)27-17(19)20;/h6-7,10,17H,3-5,8-9,11-12H2,1-2H3,(H2,21,22,23);1H. The van der Waals surface area contributed by atoms with Gasteiger partial charge in [0.25, 0.3) is 0 Å². The number of carbonyl (C=O) groups excluding carboxylic acids is 1. The van der Waals surface area contributed by atoms with Crippen LogP contribution in [0.5, 0.6) is 11.5 Å². The minimum Gasteiger partial charge on any atom is -0.497 e. The van der Waals surface area contributed by atoms with E-state index in [2.05, 4.69) is 20.4 Å². The lowest BCUT2D eigenvalue weighted by molar-refractivity contribution is -0.128. The smallest absolute Gasteiger partial charge is 0.387 e. The SMILES string of the molecule is CCNC(=NCc1cc(OC)ccc1OC(F)F)NCC(=O)N1CCCC1.I. The van der Waals surface area contributed by atoms with E-state index >= 15 is 0 Å². The fourth-order valence-corrected chi connectivity index (χ4v) is 2.76. The summed E-state index contributed by atoms with van der Waals surface area (Å²) in [5.41, 5.74) is 0.456. The maximum atomic E-state index is 12.6. The van der Waals surface area contributed by atoms with E-state index < -0.39 is 6.61 Å². The quantitative estimate of drug-likeness (QED) is 0.318. The number of alkyl halides is 2. The number of ether oxygens (including phenoxy) is 2. The summed E-state index contributed by atoms with van der Waals surface area (Å²) >= 11 is 0. The third-order valence-electron chi connectivity index (χ3n) is 4.10. The van der Waals surface area contributed by atoms with E-state index in [0.717, 1.165) is 25.9 Å². The first-order chi connectivity index (χ1) is 13.0. The van der Waals surface area contributed by atoms with Gasteiger partial charge < -0.3 is 25.0 Å². The van der Waals surface area contributed by atoms with Crippen LogP contribution in [-0.2, 0) is 11.3 Å². The highest BCUT2D eigenvalue weighted by Gasteiger charge is 2.18. The van der Waals surface area contributed by atoms with Crippen molar-refractivity contribution in [1.82, 2.24) is 15.5 Å². The Morgan fingerprint density at radius 1 is 1.29 bits per heavy atom. The Bertz CT molecular complexity index is 656. The molecule has 158 valence electrons. The molecular formula is C18H27F2IN4O3. The molecule has 28 heavy (non-hydrogen) atoms. The van der Waals surface area contributed by atoms with Crippen LogP contribution in [0.15, 0.2) is 23.2 Å². The van der Waals surface area contributed by atoms with Crippen molar-refractivity contribution in [3.63, 3.8) is 0 Å². The molecule has 0 saturated carbocycles. The van der Waals surface area contributed by atoms with Crippen molar-refractivity contribution in [1.29, 1.82) is 0 Å². The van der Waals surface area contributed by atoms with Crippen molar-refractivity contribution >= 4 is 35.8 Å². The second-order valence-corrected chi connectivity index (χ2v) is 5.99. The van der Waals surface area contributed by atoms with Gasteiger partial charge >= 0.3 is 6.61 Å². The predicted molar refractivity (Wildman–Crippen MR) is 114 cm³/mol. The molecule has 0 bridgehead atoms. The maximum Gasteiger partial charge on any atom is 0.387 e. The average Bonchev–Trinajstić information content (AvgIpc) is 3.19. The topological polar surface area (TPSA) is 75.2 Å². The number of halogens is 3. The predicted octanol–water partition coefficient (Wildman–Crippen LogP) is 2.59. The molecule has 2 N–H and O–H groups in total. The van der Waals surface area contributed by atoms with Crippen molar-refractivity contribution in [3.8, 4) is 11.5 Å². The molecule has 1 fully saturated rings. The number of hydrogen-bond acceptors (Lipinski definition) is 4. The summed E-state index contributed by atoms with van der Waals surface area (Å²) in [7, 11) is 1.49. The number of benzene rings is 1. The monoisotopic (exact) mass is 512 g/mol. The molecule has 0 aliphatic carbocycles. The Labute approximate surface area is 180 Å². The number of guanidine groups is 1. The van der Waals surface area contributed by atoms with Crippen molar-refractivity contribution in [2.24, 2.45) is 4.99 Å². The van der Waals surface area contributed by atoms with E-state index in [1.807, 2.05) is 11.8 Å². The molecule has 0 unspecified atom stereocenters. The van der Waals surface area contributed by atoms with Crippen LogP contribution >= 0.6 is 24.0 Å². The van der Waals surface area contributed by atoms with Crippen LogP contribution in [0.25, 0.3) is 0 Å². The number of amides is 1. The van der Waals surface area contributed by atoms with Crippen molar-refractivity contribution in [2.45, 2.75) is 32.9 Å². The maximum absolute atomic E-state index is 12.6. The van der Waals surface area contributed by atoms with Crippen LogP contribution < -0.4 is 20.1 Å². The fraction of sp³-hybridized carbons (Fsp3) is 0.556. The second kappa shape index (κ2) is 12.6. The third-order valence-corrected chi connectivity index (χ3v) is 4.10. The number of aliphatic imine (C=N–C) groups is 1. The molecule has 1 saturated heterocycles. The molecule has 1 aliphatic heterocycles. The Kier molecular flexibility index (Phi) is 10.9. The zero-order valence-corrected chi connectivity index (χ0v) is 18.4. The lowest BCUT2D eigenvalue weighted by Gasteiger charge is -2.17. The summed E-state index contributed by atoms with van der Waals surface area (Å²) in [6, 6.07) is 4.57. The summed E-state index contributed by atoms with van der Waals surface area (Å²) in [4.78, 5) is 18.3. The van der Waals surface area contributed by atoms with Gasteiger partial charge in [-0.3, -0.25) is 4.79 Å². The van der Waals surface area contributed by atoms with Gasteiger partial charge in [-0.15, -0.1) is 24.0 Å². The number of methoxy groups -OCH3 is 1. The number of nitrogens with one attached hydrogen (secondary N) is 2. The number of likely N-dealkylation sites (tertiary alicyclic amines) is 1. The molecule has 0 radical (unpaired) electrons. The van der Waals surface area contributed by atoms with Gasteiger partial charge in [0.2, 0.25) is 5.91 Å². The molecular weight excluding hydrogens is 485 g/mol. The van der Waals surface area contributed by atoms with Crippen molar-refractivity contribution < 1.29 is 23.0 Å². The molecule has 0 atom stereocenters. The lowest BCUT2D eigenvalue weighted by Crippen LogP contribution is -2.44. The zero-order chi connectivity index (χ0) is 19.6. The fourth-order valence-electron chi connectivity index (χ4n) is 2.76. The Morgan fingerprint density at radius 3 is 2.61 bits per heavy atom. The first-order valence-electron chi connectivity index (χ1n) is 8.95. The Morgan fingerprint density at radius 2 is 2.00 bits per heavy atom. The molecule has 1 aromatic rings. The number of rotatable bonds is 8. The van der Waals surface area contributed by atoms with Crippen LogP contribution in [-0.4, -0.2) is 56.7 Å². The summed E-state index contributed by atoms with van der Waals surface area (Å²) in [6.07, 6.45) is 2.06. The minimum absolute atomic E-state index is 0. The van der Waals surface area contributed by atoms with E-state index in [-0.39, 0.29) is 48.7 Å². The Hall–Kier alpha value is -1.85. The van der Waals surface area contributed by atoms with E-state index in [1.165, 1.54) is 13.2 Å². The molecule has 1 heterocycles. The minimum atomic E-state index is -2.93. The zero-order valence-electron chi connectivity index (χ0n) is 16.0. The second-order valence-electron chi connectivity index (χ2n) is 5.99. The van der Waals surface area contributed by atoms with E-state index in [1.54, 1.807) is 12.1 Å². The van der Waals surface area contributed by atoms with Gasteiger partial charge in [0.05, 0.1) is 20.2 Å². The highest BCUT2D eigenvalue weighted by atomic mass is 127. The molecule has 7 nitrogen and oxygen atoms in total. The number of carbonyl (C=O) groups is 1. The van der Waals surface area contributed by atoms with Crippen LogP contribution in [0.4, 0.5) is 8.78 Å². The number of nitrogens with zero attached hydrogens (tertiary/aromatic N) is 2. The molecule has 0 aromatic heterocycles. The largest absolute Gasteiger partial charge is 0.497 e. The molecule has 10 heteroatoms.